The van der Waals surface area contributed by atoms with Crippen LogP contribution < -0.4 is 0 Å². The molecule has 100 valence electrons. The molecule has 0 radical (unpaired) electrons. The van der Waals surface area contributed by atoms with E-state index in [-0.39, 0.29) is 10.5 Å². The molecular weight excluding hydrogens is 228 g/mol. The molecule has 1 saturated carbocycles. The summed E-state index contributed by atoms with van der Waals surface area (Å²) in [6, 6.07) is 0. The zero-order valence-electron chi connectivity index (χ0n) is 12.5. The maximum Gasteiger partial charge on any atom is 0.191 e. The quantitative estimate of drug-likeness (QED) is 0.713. The second kappa shape index (κ2) is 4.50. The fraction of sp³-hybridized carbons (Fsp3) is 0.929. The van der Waals surface area contributed by atoms with Gasteiger partial charge in [0.25, 0.3) is 0 Å². The number of Topliss-reactive ketones (excluding diaryl/α,β-unsaturated/α-hetero) is 1. The van der Waals surface area contributed by atoms with Crippen LogP contribution in [-0.2, 0) is 9.22 Å². The summed E-state index contributed by atoms with van der Waals surface area (Å²) >= 11 is 0. The maximum absolute atomic E-state index is 11.8. The van der Waals surface area contributed by atoms with E-state index in [1.807, 2.05) is 0 Å². The van der Waals surface area contributed by atoms with Gasteiger partial charge in [0.15, 0.2) is 8.32 Å². The summed E-state index contributed by atoms with van der Waals surface area (Å²) in [5.41, 5.74) is -0.178. The van der Waals surface area contributed by atoms with Crippen LogP contribution in [0.1, 0.15) is 47.5 Å². The van der Waals surface area contributed by atoms with Crippen molar-refractivity contribution < 1.29 is 9.22 Å². The van der Waals surface area contributed by atoms with Crippen molar-refractivity contribution in [1.29, 1.82) is 0 Å². The van der Waals surface area contributed by atoms with Gasteiger partial charge in [-0.05, 0) is 30.5 Å². The lowest BCUT2D eigenvalue weighted by Gasteiger charge is -2.38. The largest absolute Gasteiger partial charge is 0.417 e. The lowest BCUT2D eigenvalue weighted by molar-refractivity contribution is -0.125. The van der Waals surface area contributed by atoms with Crippen molar-refractivity contribution in [3.05, 3.63) is 0 Å². The second-order valence-corrected chi connectivity index (χ2v) is 12.3. The summed E-state index contributed by atoms with van der Waals surface area (Å²) in [6.07, 6.45) is 1.74. The molecule has 1 aliphatic carbocycles. The zero-order valence-corrected chi connectivity index (χ0v) is 13.5. The molecule has 2 nitrogen and oxygen atoms in total. The van der Waals surface area contributed by atoms with Crippen LogP contribution in [0.4, 0.5) is 0 Å². The van der Waals surface area contributed by atoms with Gasteiger partial charge in [0, 0.05) is 18.4 Å². The third-order valence-corrected chi connectivity index (χ3v) is 9.41. The Labute approximate surface area is 107 Å². The molecule has 1 fully saturated rings. The summed E-state index contributed by atoms with van der Waals surface area (Å²) in [7, 11) is -1.67. The number of hydrogen-bond donors (Lipinski definition) is 0. The van der Waals surface area contributed by atoms with Gasteiger partial charge in [0.05, 0.1) is 0 Å². The Morgan fingerprint density at radius 2 is 1.88 bits per heavy atom. The highest BCUT2D eigenvalue weighted by Gasteiger charge is 2.44. The van der Waals surface area contributed by atoms with E-state index in [4.69, 9.17) is 4.43 Å². The molecule has 0 aromatic rings. The number of carbonyl (C=O) groups excluding carboxylic acids is 1. The molecule has 17 heavy (non-hydrogen) atoms. The van der Waals surface area contributed by atoms with Crippen LogP contribution in [0.5, 0.6) is 0 Å². The number of hydrogen-bond acceptors (Lipinski definition) is 2. The van der Waals surface area contributed by atoms with Gasteiger partial charge in [0.2, 0.25) is 0 Å². The van der Waals surface area contributed by atoms with Gasteiger partial charge < -0.3 is 4.43 Å². The first-order chi connectivity index (χ1) is 7.48. The van der Waals surface area contributed by atoms with Gasteiger partial charge in [0.1, 0.15) is 5.78 Å². The number of ketones is 1. The minimum Gasteiger partial charge on any atom is -0.417 e. The van der Waals surface area contributed by atoms with Crippen molar-refractivity contribution in [2.45, 2.75) is 65.6 Å². The minimum absolute atomic E-state index is 0.178. The summed E-state index contributed by atoms with van der Waals surface area (Å²) in [5.74, 6) is 0.811. The number of rotatable bonds is 3. The van der Waals surface area contributed by atoms with E-state index in [1.165, 1.54) is 0 Å². The molecule has 0 aromatic carbocycles. The monoisotopic (exact) mass is 256 g/mol. The highest BCUT2D eigenvalue weighted by atomic mass is 28.4. The van der Waals surface area contributed by atoms with E-state index in [2.05, 4.69) is 47.7 Å². The fourth-order valence-electron chi connectivity index (χ4n) is 2.03. The van der Waals surface area contributed by atoms with Gasteiger partial charge >= 0.3 is 0 Å². The smallest absolute Gasteiger partial charge is 0.191 e. The van der Waals surface area contributed by atoms with Gasteiger partial charge in [-0.3, -0.25) is 4.79 Å². The first-order valence-corrected chi connectivity index (χ1v) is 9.56. The topological polar surface area (TPSA) is 26.3 Å². The Morgan fingerprint density at radius 1 is 1.35 bits per heavy atom. The van der Waals surface area contributed by atoms with E-state index >= 15 is 0 Å². The first-order valence-electron chi connectivity index (χ1n) is 6.66. The Balaban J connectivity index is 2.61. The molecule has 0 unspecified atom stereocenters. The first kappa shape index (κ1) is 14.9. The second-order valence-electron chi connectivity index (χ2n) is 7.45. The van der Waals surface area contributed by atoms with Crippen molar-refractivity contribution in [1.82, 2.24) is 0 Å². The lowest BCUT2D eigenvalue weighted by atomic mass is 9.82. The summed E-state index contributed by atoms with van der Waals surface area (Å²) in [4.78, 5) is 11.8. The molecule has 0 saturated heterocycles. The number of carbonyl (C=O) groups is 1. The summed E-state index contributed by atoms with van der Waals surface area (Å²) in [6.45, 7) is 16.2. The molecule has 0 N–H and O–H groups in total. The zero-order chi connectivity index (χ0) is 13.5. The van der Waals surface area contributed by atoms with Crippen molar-refractivity contribution in [3.63, 3.8) is 0 Å². The van der Waals surface area contributed by atoms with Crippen LogP contribution in [0.15, 0.2) is 0 Å². The fourth-order valence-corrected chi connectivity index (χ4v) is 3.08. The van der Waals surface area contributed by atoms with Crippen molar-refractivity contribution >= 4 is 14.1 Å². The molecule has 1 atom stereocenters. The average Bonchev–Trinajstić information content (AvgIpc) is 2.38. The molecule has 1 aliphatic rings. The summed E-state index contributed by atoms with van der Waals surface area (Å²) < 4.78 is 6.25. The van der Waals surface area contributed by atoms with Crippen LogP contribution >= 0.6 is 0 Å². The highest BCUT2D eigenvalue weighted by Crippen LogP contribution is 2.42. The Kier molecular flexibility index (Phi) is 3.95. The minimum atomic E-state index is -1.67. The molecule has 0 bridgehead atoms. The van der Waals surface area contributed by atoms with Crippen LogP contribution in [0.25, 0.3) is 0 Å². The van der Waals surface area contributed by atoms with Crippen molar-refractivity contribution in [2.75, 3.05) is 6.61 Å². The Bertz CT molecular complexity index is 300. The Hall–Kier alpha value is -0.153. The van der Waals surface area contributed by atoms with E-state index in [0.29, 0.717) is 11.7 Å². The third-order valence-electron chi connectivity index (χ3n) is 4.91. The Morgan fingerprint density at radius 3 is 2.24 bits per heavy atom. The average molecular weight is 256 g/mol. The van der Waals surface area contributed by atoms with Crippen LogP contribution in [0.2, 0.25) is 18.1 Å². The summed E-state index contributed by atoms with van der Waals surface area (Å²) in [5, 5.41) is 0.250. The molecule has 3 heteroatoms. The molecule has 0 amide bonds. The van der Waals surface area contributed by atoms with Gasteiger partial charge in [-0.15, -0.1) is 0 Å². The van der Waals surface area contributed by atoms with Crippen LogP contribution in [0, 0.1) is 11.3 Å². The van der Waals surface area contributed by atoms with Crippen LogP contribution in [0.3, 0.4) is 0 Å². The standard InChI is InChI=1S/C14H28O2Si/c1-13(2,3)17(6,7)16-10-11-8-9-12(15)14(11,4)5/h11H,8-10H2,1-7H3/t11-/m1/s1. The molecule has 0 aliphatic heterocycles. The molecule has 0 spiro atoms. The van der Waals surface area contributed by atoms with Gasteiger partial charge in [-0.2, -0.15) is 0 Å². The van der Waals surface area contributed by atoms with Crippen molar-refractivity contribution in [2.24, 2.45) is 11.3 Å². The SMILES string of the molecule is CC1(C)C(=O)CC[C@@H]1CO[Si](C)(C)C(C)(C)C. The van der Waals surface area contributed by atoms with Crippen LogP contribution in [-0.4, -0.2) is 20.7 Å². The highest BCUT2D eigenvalue weighted by molar-refractivity contribution is 6.74. The van der Waals surface area contributed by atoms with E-state index < -0.39 is 8.32 Å². The normalized spacial score (nSPS) is 25.4. The third kappa shape index (κ3) is 3.00. The van der Waals surface area contributed by atoms with E-state index in [9.17, 15) is 4.79 Å². The predicted molar refractivity (Wildman–Crippen MR) is 74.7 cm³/mol. The molecule has 1 rings (SSSR count). The van der Waals surface area contributed by atoms with Gasteiger partial charge in [-0.25, -0.2) is 0 Å². The molecule has 0 heterocycles. The van der Waals surface area contributed by atoms with Crippen molar-refractivity contribution in [3.8, 4) is 0 Å². The van der Waals surface area contributed by atoms with Gasteiger partial charge in [-0.1, -0.05) is 34.6 Å². The van der Waals surface area contributed by atoms with E-state index in [0.717, 1.165) is 19.4 Å². The molecular formula is C14H28O2Si. The van der Waals surface area contributed by atoms with E-state index in [1.54, 1.807) is 0 Å². The maximum atomic E-state index is 11.8. The predicted octanol–water partition coefficient (Wildman–Crippen LogP) is 4.01. The molecule has 0 aromatic heterocycles. The lowest BCUT2D eigenvalue weighted by Crippen LogP contribution is -2.43.